The fraction of sp³-hybridized carbons (Fsp3) is 0.778. The zero-order chi connectivity index (χ0) is 9.26. The minimum atomic E-state index is 0.761. The Morgan fingerprint density at radius 3 is 2.92 bits per heavy atom. The molecule has 0 atom stereocenters. The molecule has 0 unspecified atom stereocenters. The van der Waals surface area contributed by atoms with Crippen molar-refractivity contribution >= 4 is 12.2 Å². The van der Waals surface area contributed by atoms with Crippen LogP contribution >= 0.6 is 12.2 Å². The van der Waals surface area contributed by atoms with Crippen molar-refractivity contribution in [2.75, 3.05) is 0 Å². The van der Waals surface area contributed by atoms with Gasteiger partial charge in [-0.05, 0) is 25.1 Å². The van der Waals surface area contributed by atoms with Crippen molar-refractivity contribution in [1.29, 1.82) is 0 Å². The molecular weight excluding hydrogens is 182 g/mol. The second kappa shape index (κ2) is 3.62. The van der Waals surface area contributed by atoms with E-state index < -0.39 is 0 Å². The lowest BCUT2D eigenvalue weighted by Crippen LogP contribution is -2.16. The third-order valence-corrected chi connectivity index (χ3v) is 3.16. The fourth-order valence-corrected chi connectivity index (χ4v) is 2.07. The molecule has 1 aromatic rings. The molecule has 0 aliphatic heterocycles. The maximum Gasteiger partial charge on any atom is 0.195 e. The average molecular weight is 197 g/mol. The van der Waals surface area contributed by atoms with Gasteiger partial charge in [0.25, 0.3) is 0 Å². The van der Waals surface area contributed by atoms with E-state index in [2.05, 4.69) is 21.7 Å². The highest BCUT2D eigenvalue weighted by molar-refractivity contribution is 7.71. The first-order chi connectivity index (χ1) is 6.31. The molecule has 4 heteroatoms. The number of nitrogens with one attached hydrogen (secondary N) is 1. The molecule has 1 heterocycles. The van der Waals surface area contributed by atoms with Crippen LogP contribution in [0.1, 0.15) is 32.0 Å². The summed E-state index contributed by atoms with van der Waals surface area (Å²) in [4.78, 5) is 0. The van der Waals surface area contributed by atoms with Gasteiger partial charge in [-0.3, -0.25) is 5.10 Å². The van der Waals surface area contributed by atoms with E-state index in [1.165, 1.54) is 19.3 Å². The molecule has 0 saturated heterocycles. The molecule has 0 radical (unpaired) electrons. The van der Waals surface area contributed by atoms with Crippen molar-refractivity contribution in [3.05, 3.63) is 10.6 Å². The number of H-pyrrole nitrogens is 1. The van der Waals surface area contributed by atoms with E-state index in [0.717, 1.165) is 29.5 Å². The van der Waals surface area contributed by atoms with Crippen LogP contribution in [-0.4, -0.2) is 14.8 Å². The largest absolute Gasteiger partial charge is 0.304 e. The van der Waals surface area contributed by atoms with Crippen LogP contribution in [0.5, 0.6) is 0 Å². The molecule has 1 aromatic heterocycles. The standard InChI is InChI=1S/C9H15N3S/c1-2-12-8(10-11-9(12)13)6-7-4-3-5-7/h7H,2-6H2,1H3,(H,11,13). The zero-order valence-electron chi connectivity index (χ0n) is 7.92. The van der Waals surface area contributed by atoms with Crippen LogP contribution in [0.2, 0.25) is 0 Å². The Hall–Kier alpha value is -0.640. The monoisotopic (exact) mass is 197 g/mol. The van der Waals surface area contributed by atoms with Crippen LogP contribution in [0.25, 0.3) is 0 Å². The highest BCUT2D eigenvalue weighted by Crippen LogP contribution is 2.29. The van der Waals surface area contributed by atoms with Crippen LogP contribution in [0.15, 0.2) is 0 Å². The molecular formula is C9H15N3S. The van der Waals surface area contributed by atoms with Gasteiger partial charge >= 0.3 is 0 Å². The predicted molar refractivity (Wildman–Crippen MR) is 54.1 cm³/mol. The normalized spacial score (nSPS) is 17.3. The average Bonchev–Trinajstić information content (AvgIpc) is 2.39. The molecule has 1 aliphatic rings. The predicted octanol–water partition coefficient (Wildman–Crippen LogP) is 2.30. The summed E-state index contributed by atoms with van der Waals surface area (Å²) in [7, 11) is 0. The molecule has 0 aromatic carbocycles. The van der Waals surface area contributed by atoms with Crippen molar-refractivity contribution in [2.24, 2.45) is 5.92 Å². The first-order valence-corrected chi connectivity index (χ1v) is 5.36. The lowest BCUT2D eigenvalue weighted by atomic mass is 9.83. The van der Waals surface area contributed by atoms with E-state index in [-0.39, 0.29) is 0 Å². The highest BCUT2D eigenvalue weighted by Gasteiger charge is 2.20. The second-order valence-electron chi connectivity index (χ2n) is 3.69. The number of rotatable bonds is 3. The second-order valence-corrected chi connectivity index (χ2v) is 4.08. The van der Waals surface area contributed by atoms with E-state index >= 15 is 0 Å². The molecule has 3 nitrogen and oxygen atoms in total. The molecule has 13 heavy (non-hydrogen) atoms. The maximum absolute atomic E-state index is 5.12. The van der Waals surface area contributed by atoms with Gasteiger partial charge in [0.15, 0.2) is 4.77 Å². The lowest BCUT2D eigenvalue weighted by Gasteiger charge is -2.24. The third-order valence-electron chi connectivity index (χ3n) is 2.85. The van der Waals surface area contributed by atoms with Gasteiger partial charge in [-0.25, -0.2) is 0 Å². The summed E-state index contributed by atoms with van der Waals surface area (Å²) < 4.78 is 2.85. The molecule has 0 spiro atoms. The Morgan fingerprint density at radius 1 is 1.62 bits per heavy atom. The number of nitrogens with zero attached hydrogens (tertiary/aromatic N) is 2. The summed E-state index contributed by atoms with van der Waals surface area (Å²) in [5.41, 5.74) is 0. The van der Waals surface area contributed by atoms with Crippen molar-refractivity contribution in [2.45, 2.75) is 39.2 Å². The van der Waals surface area contributed by atoms with Gasteiger partial charge < -0.3 is 4.57 Å². The Labute approximate surface area is 83.2 Å². The zero-order valence-corrected chi connectivity index (χ0v) is 8.73. The Bertz CT molecular complexity index is 335. The third kappa shape index (κ3) is 1.68. The molecule has 0 bridgehead atoms. The van der Waals surface area contributed by atoms with Gasteiger partial charge in [0, 0.05) is 13.0 Å². The first kappa shape index (κ1) is 8.94. The van der Waals surface area contributed by atoms with Gasteiger partial charge in [0.05, 0.1) is 0 Å². The van der Waals surface area contributed by atoms with Crippen molar-refractivity contribution < 1.29 is 0 Å². The van der Waals surface area contributed by atoms with Gasteiger partial charge in [0.2, 0.25) is 0 Å². The minimum Gasteiger partial charge on any atom is -0.304 e. The number of aromatic nitrogens is 3. The van der Waals surface area contributed by atoms with Crippen molar-refractivity contribution in [1.82, 2.24) is 14.8 Å². The summed E-state index contributed by atoms with van der Waals surface area (Å²) in [6, 6.07) is 0. The number of aromatic amines is 1. The number of hydrogen-bond donors (Lipinski definition) is 1. The van der Waals surface area contributed by atoms with E-state index in [0.29, 0.717) is 0 Å². The molecule has 2 rings (SSSR count). The van der Waals surface area contributed by atoms with E-state index in [9.17, 15) is 0 Å². The van der Waals surface area contributed by atoms with E-state index in [4.69, 9.17) is 12.2 Å². The smallest absolute Gasteiger partial charge is 0.195 e. The highest BCUT2D eigenvalue weighted by atomic mass is 32.1. The fourth-order valence-electron chi connectivity index (χ4n) is 1.79. The molecule has 1 saturated carbocycles. The van der Waals surface area contributed by atoms with Gasteiger partial charge in [-0.15, -0.1) is 0 Å². The van der Waals surface area contributed by atoms with Crippen LogP contribution in [0, 0.1) is 10.7 Å². The lowest BCUT2D eigenvalue weighted by molar-refractivity contribution is 0.306. The topological polar surface area (TPSA) is 33.6 Å². The Kier molecular flexibility index (Phi) is 2.49. The van der Waals surface area contributed by atoms with Crippen molar-refractivity contribution in [3.8, 4) is 0 Å². The molecule has 1 N–H and O–H groups in total. The molecule has 0 amide bonds. The van der Waals surface area contributed by atoms with Gasteiger partial charge in [-0.1, -0.05) is 19.3 Å². The number of hydrogen-bond acceptors (Lipinski definition) is 2. The minimum absolute atomic E-state index is 0.761. The molecule has 1 aliphatic carbocycles. The first-order valence-electron chi connectivity index (χ1n) is 4.95. The maximum atomic E-state index is 5.12. The quantitative estimate of drug-likeness (QED) is 0.754. The summed E-state index contributed by atoms with van der Waals surface area (Å²) >= 11 is 5.12. The van der Waals surface area contributed by atoms with Crippen LogP contribution in [-0.2, 0) is 13.0 Å². The van der Waals surface area contributed by atoms with E-state index in [1.54, 1.807) is 0 Å². The van der Waals surface area contributed by atoms with Gasteiger partial charge in [0.1, 0.15) is 5.82 Å². The summed E-state index contributed by atoms with van der Waals surface area (Å²) in [6.07, 6.45) is 5.22. The van der Waals surface area contributed by atoms with E-state index in [1.807, 2.05) is 0 Å². The Balaban J connectivity index is 2.14. The summed E-state index contributed by atoms with van der Waals surface area (Å²) in [6.45, 7) is 3.03. The molecule has 72 valence electrons. The summed E-state index contributed by atoms with van der Waals surface area (Å²) in [5.74, 6) is 1.99. The molecule has 1 fully saturated rings. The van der Waals surface area contributed by atoms with Crippen LogP contribution in [0.3, 0.4) is 0 Å². The Morgan fingerprint density at radius 2 is 2.38 bits per heavy atom. The van der Waals surface area contributed by atoms with Crippen LogP contribution in [0.4, 0.5) is 0 Å². The summed E-state index contributed by atoms with van der Waals surface area (Å²) in [5, 5.41) is 7.11. The van der Waals surface area contributed by atoms with Crippen molar-refractivity contribution in [3.63, 3.8) is 0 Å². The SMILES string of the molecule is CCn1c(CC2CCC2)n[nH]c1=S. The van der Waals surface area contributed by atoms with Gasteiger partial charge in [-0.2, -0.15) is 5.10 Å². The van der Waals surface area contributed by atoms with Crippen LogP contribution < -0.4 is 0 Å².